The van der Waals surface area contributed by atoms with E-state index in [4.69, 9.17) is 13.9 Å². The summed E-state index contributed by atoms with van der Waals surface area (Å²) in [5.74, 6) is 0.831. The van der Waals surface area contributed by atoms with Crippen LogP contribution in [0.1, 0.15) is 39.2 Å². The van der Waals surface area contributed by atoms with E-state index in [1.54, 1.807) is 7.11 Å². The van der Waals surface area contributed by atoms with Gasteiger partial charge in [-0.3, -0.25) is 0 Å². The van der Waals surface area contributed by atoms with Crippen LogP contribution < -0.4 is 4.74 Å². The molecule has 1 aromatic carbocycles. The van der Waals surface area contributed by atoms with Crippen molar-refractivity contribution in [3.63, 3.8) is 0 Å². The summed E-state index contributed by atoms with van der Waals surface area (Å²) in [7, 11) is -0.161. The number of carbonyl (C=O) groups excluding carboxylic acids is 1. The van der Waals surface area contributed by atoms with Gasteiger partial charge in [-0.05, 0) is 42.2 Å². The summed E-state index contributed by atoms with van der Waals surface area (Å²) in [6.07, 6.45) is 2.06. The van der Waals surface area contributed by atoms with Crippen LogP contribution in [0.3, 0.4) is 0 Å². The highest BCUT2D eigenvalue weighted by atomic mass is 28.4. The molecule has 1 aromatic rings. The molecule has 0 aromatic heterocycles. The van der Waals surface area contributed by atoms with Gasteiger partial charge < -0.3 is 18.7 Å². The Morgan fingerprint density at radius 1 is 1.17 bits per heavy atom. The van der Waals surface area contributed by atoms with Crippen molar-refractivity contribution in [1.29, 1.82) is 0 Å². The van der Waals surface area contributed by atoms with Crippen molar-refractivity contribution >= 4 is 14.6 Å². The molecule has 136 valence electrons. The van der Waals surface area contributed by atoms with E-state index in [1.807, 2.05) is 24.3 Å². The molecule has 1 rings (SSSR count). The van der Waals surface area contributed by atoms with Crippen LogP contribution in [0.2, 0.25) is 18.1 Å². The van der Waals surface area contributed by atoms with Crippen molar-refractivity contribution in [2.45, 2.75) is 64.5 Å². The van der Waals surface area contributed by atoms with E-state index in [0.29, 0.717) is 26.1 Å². The van der Waals surface area contributed by atoms with Gasteiger partial charge in [0.2, 0.25) is 0 Å². The largest absolute Gasteiger partial charge is 0.497 e. The number of ether oxygens (including phenoxy) is 2. The van der Waals surface area contributed by atoms with Crippen molar-refractivity contribution < 1.29 is 18.7 Å². The van der Waals surface area contributed by atoms with Gasteiger partial charge in [0.05, 0.1) is 26.4 Å². The summed E-state index contributed by atoms with van der Waals surface area (Å²) in [6.45, 7) is 12.2. The number of hydrogen-bond donors (Lipinski definition) is 0. The zero-order valence-electron chi connectivity index (χ0n) is 15.9. The first-order valence-electron chi connectivity index (χ1n) is 8.51. The molecule has 0 aliphatic heterocycles. The van der Waals surface area contributed by atoms with E-state index in [2.05, 4.69) is 33.9 Å². The SMILES string of the molecule is COc1ccc(CO[C@@H](CCC=O)CO[Si](C)(C)C(C)(C)C)cc1. The highest BCUT2D eigenvalue weighted by Crippen LogP contribution is 2.36. The average Bonchev–Trinajstić information content (AvgIpc) is 2.53. The minimum Gasteiger partial charge on any atom is -0.497 e. The number of benzene rings is 1. The predicted molar refractivity (Wildman–Crippen MR) is 100 cm³/mol. The Kier molecular flexibility index (Phi) is 8.13. The quantitative estimate of drug-likeness (QED) is 0.457. The van der Waals surface area contributed by atoms with Gasteiger partial charge in [0.1, 0.15) is 12.0 Å². The van der Waals surface area contributed by atoms with E-state index in [1.165, 1.54) is 0 Å². The maximum absolute atomic E-state index is 10.7. The fourth-order valence-electron chi connectivity index (χ4n) is 1.92. The Balaban J connectivity index is 2.59. The molecule has 0 radical (unpaired) electrons. The van der Waals surface area contributed by atoms with Crippen molar-refractivity contribution in [2.24, 2.45) is 0 Å². The van der Waals surface area contributed by atoms with E-state index >= 15 is 0 Å². The second-order valence-electron chi connectivity index (χ2n) is 7.60. The molecule has 0 aliphatic carbocycles. The molecule has 0 spiro atoms. The lowest BCUT2D eigenvalue weighted by Gasteiger charge is -2.37. The molecular weight excluding hydrogens is 320 g/mol. The van der Waals surface area contributed by atoms with E-state index < -0.39 is 8.32 Å². The molecule has 4 nitrogen and oxygen atoms in total. The summed E-state index contributed by atoms with van der Waals surface area (Å²) in [5, 5.41) is 0.165. The second kappa shape index (κ2) is 9.35. The van der Waals surface area contributed by atoms with Crippen molar-refractivity contribution in [3.05, 3.63) is 29.8 Å². The minimum absolute atomic E-state index is 0.0635. The molecule has 0 aliphatic rings. The molecule has 0 saturated carbocycles. The first kappa shape index (κ1) is 20.9. The molecule has 0 bridgehead atoms. The molecule has 0 amide bonds. The lowest BCUT2D eigenvalue weighted by Crippen LogP contribution is -2.43. The molecular formula is C19H32O4Si. The maximum Gasteiger partial charge on any atom is 0.192 e. The zero-order chi connectivity index (χ0) is 18.2. The molecule has 0 N–H and O–H groups in total. The number of methoxy groups -OCH3 is 1. The van der Waals surface area contributed by atoms with Crippen LogP contribution in [0.15, 0.2) is 24.3 Å². The summed E-state index contributed by atoms with van der Waals surface area (Å²) >= 11 is 0. The van der Waals surface area contributed by atoms with Gasteiger partial charge in [-0.1, -0.05) is 32.9 Å². The fraction of sp³-hybridized carbons (Fsp3) is 0.632. The third kappa shape index (κ3) is 6.75. The van der Waals surface area contributed by atoms with Crippen molar-refractivity contribution in [2.75, 3.05) is 13.7 Å². The van der Waals surface area contributed by atoms with Crippen LogP contribution in [0.25, 0.3) is 0 Å². The Bertz CT molecular complexity index is 491. The van der Waals surface area contributed by atoms with Gasteiger partial charge in [-0.15, -0.1) is 0 Å². The predicted octanol–water partition coefficient (Wildman–Crippen LogP) is 4.58. The van der Waals surface area contributed by atoms with E-state index in [0.717, 1.165) is 17.6 Å². The Morgan fingerprint density at radius 3 is 2.29 bits per heavy atom. The van der Waals surface area contributed by atoms with Gasteiger partial charge in [0.25, 0.3) is 0 Å². The molecule has 0 unspecified atom stereocenters. The van der Waals surface area contributed by atoms with E-state index in [9.17, 15) is 4.79 Å². The Labute approximate surface area is 147 Å². The summed E-state index contributed by atoms with van der Waals surface area (Å²) in [5.41, 5.74) is 1.08. The van der Waals surface area contributed by atoms with Crippen molar-refractivity contribution in [3.8, 4) is 5.75 Å². The van der Waals surface area contributed by atoms with Crippen LogP contribution in [-0.4, -0.2) is 34.4 Å². The monoisotopic (exact) mass is 352 g/mol. The molecule has 5 heteroatoms. The Hall–Kier alpha value is -1.17. The van der Waals surface area contributed by atoms with Gasteiger partial charge in [0.15, 0.2) is 8.32 Å². The zero-order valence-corrected chi connectivity index (χ0v) is 16.9. The molecule has 0 fully saturated rings. The van der Waals surface area contributed by atoms with Gasteiger partial charge in [-0.25, -0.2) is 0 Å². The smallest absolute Gasteiger partial charge is 0.192 e. The standard InChI is InChI=1S/C19H32O4Si/c1-19(2,3)24(5,6)23-15-18(8-7-13-20)22-14-16-9-11-17(21-4)12-10-16/h9-13,18H,7-8,14-15H2,1-6H3/t18-/m0/s1. The third-order valence-corrected chi connectivity index (χ3v) is 9.19. The number of rotatable bonds is 10. The van der Waals surface area contributed by atoms with Crippen LogP contribution in [0, 0.1) is 0 Å². The fourth-order valence-corrected chi connectivity index (χ4v) is 2.96. The van der Waals surface area contributed by atoms with Gasteiger partial charge in [0, 0.05) is 6.42 Å². The minimum atomic E-state index is -1.81. The van der Waals surface area contributed by atoms with Gasteiger partial charge in [-0.2, -0.15) is 0 Å². The first-order valence-corrected chi connectivity index (χ1v) is 11.4. The summed E-state index contributed by atoms with van der Waals surface area (Å²) < 4.78 is 17.4. The number of hydrogen-bond acceptors (Lipinski definition) is 4. The topological polar surface area (TPSA) is 44.8 Å². The highest BCUT2D eigenvalue weighted by Gasteiger charge is 2.37. The Morgan fingerprint density at radius 2 is 1.79 bits per heavy atom. The van der Waals surface area contributed by atoms with Crippen LogP contribution in [-0.2, 0) is 20.6 Å². The third-order valence-electron chi connectivity index (χ3n) is 4.69. The maximum atomic E-state index is 10.7. The average molecular weight is 353 g/mol. The number of aldehydes is 1. The highest BCUT2D eigenvalue weighted by molar-refractivity contribution is 6.74. The molecule has 0 saturated heterocycles. The molecule has 0 heterocycles. The lowest BCUT2D eigenvalue weighted by molar-refractivity contribution is -0.108. The summed E-state index contributed by atoms with van der Waals surface area (Å²) in [4.78, 5) is 10.7. The van der Waals surface area contributed by atoms with Crippen LogP contribution in [0.5, 0.6) is 5.75 Å². The van der Waals surface area contributed by atoms with Crippen molar-refractivity contribution in [1.82, 2.24) is 0 Å². The molecule has 24 heavy (non-hydrogen) atoms. The second-order valence-corrected chi connectivity index (χ2v) is 12.4. The van der Waals surface area contributed by atoms with Crippen LogP contribution in [0.4, 0.5) is 0 Å². The van der Waals surface area contributed by atoms with E-state index in [-0.39, 0.29) is 11.1 Å². The normalized spacial score (nSPS) is 13.6. The van der Waals surface area contributed by atoms with Gasteiger partial charge >= 0.3 is 0 Å². The van der Waals surface area contributed by atoms with Crippen LogP contribution >= 0.6 is 0 Å². The lowest BCUT2D eigenvalue weighted by atomic mass is 10.2. The first-order chi connectivity index (χ1) is 11.2. The summed E-state index contributed by atoms with van der Waals surface area (Å²) in [6, 6.07) is 7.82. The number of carbonyl (C=O) groups is 1. The molecule has 1 atom stereocenters.